The third-order valence-corrected chi connectivity index (χ3v) is 2.38. The molecule has 0 saturated carbocycles. The molecule has 2 aromatic rings. The van der Waals surface area contributed by atoms with Crippen molar-refractivity contribution in [2.24, 2.45) is 0 Å². The van der Waals surface area contributed by atoms with Crippen molar-refractivity contribution in [3.05, 3.63) is 48.3 Å². The van der Waals surface area contributed by atoms with Crippen molar-refractivity contribution >= 4 is 14.5 Å². The summed E-state index contributed by atoms with van der Waals surface area (Å²) in [6.45, 7) is 2.11. The van der Waals surface area contributed by atoms with Gasteiger partial charge in [-0.2, -0.15) is 0 Å². The number of rotatable bonds is 1. The molecule has 1 heterocycles. The van der Waals surface area contributed by atoms with E-state index in [9.17, 15) is 0 Å². The lowest BCUT2D eigenvalue weighted by Gasteiger charge is -2.04. The molecular formula is C11H12NP. The van der Waals surface area contributed by atoms with Crippen molar-refractivity contribution in [2.75, 3.05) is 0 Å². The van der Waals surface area contributed by atoms with Gasteiger partial charge in [0.1, 0.15) is 0 Å². The average molecular weight is 189 g/mol. The molecular weight excluding hydrogens is 177 g/mol. The molecule has 13 heavy (non-hydrogen) atoms. The number of benzene rings is 1. The molecule has 1 nitrogen and oxygen atoms in total. The molecule has 0 N–H and O–H groups in total. The van der Waals surface area contributed by atoms with Crippen LogP contribution in [0.2, 0.25) is 0 Å². The van der Waals surface area contributed by atoms with Gasteiger partial charge in [-0.05, 0) is 30.4 Å². The van der Waals surface area contributed by atoms with Crippen molar-refractivity contribution < 1.29 is 0 Å². The lowest BCUT2D eigenvalue weighted by Crippen LogP contribution is -1.93. The molecule has 2 heteroatoms. The van der Waals surface area contributed by atoms with Crippen LogP contribution in [0.1, 0.15) is 5.69 Å². The molecule has 0 fully saturated rings. The van der Waals surface area contributed by atoms with Gasteiger partial charge in [0, 0.05) is 17.6 Å². The van der Waals surface area contributed by atoms with Crippen LogP contribution in [0, 0.1) is 6.92 Å². The summed E-state index contributed by atoms with van der Waals surface area (Å²) in [5.41, 5.74) is 2.48. The van der Waals surface area contributed by atoms with E-state index in [1.54, 1.807) is 0 Å². The summed E-state index contributed by atoms with van der Waals surface area (Å²) in [6.07, 6.45) is 2.12. The normalized spacial score (nSPS) is 10.3. The zero-order valence-corrected chi connectivity index (χ0v) is 8.72. The third-order valence-electron chi connectivity index (χ3n) is 2.07. The summed E-state index contributed by atoms with van der Waals surface area (Å²) in [7, 11) is 2.71. The van der Waals surface area contributed by atoms with Crippen LogP contribution in [0.25, 0.3) is 5.69 Å². The van der Waals surface area contributed by atoms with E-state index in [1.807, 2.05) is 6.07 Å². The highest BCUT2D eigenvalue weighted by Crippen LogP contribution is 2.10. The first-order chi connectivity index (χ1) is 6.27. The maximum Gasteiger partial charge on any atom is 0.0452 e. The number of aryl methyl sites for hydroxylation is 1. The first-order valence-electron chi connectivity index (χ1n) is 4.27. The topological polar surface area (TPSA) is 4.93 Å². The molecule has 1 aromatic carbocycles. The van der Waals surface area contributed by atoms with Gasteiger partial charge in [-0.1, -0.05) is 18.2 Å². The summed E-state index contributed by atoms with van der Waals surface area (Å²) < 4.78 is 2.18. The van der Waals surface area contributed by atoms with Gasteiger partial charge in [0.2, 0.25) is 0 Å². The standard InChI is InChI=1S/C11H12NP/c1-9-7-11(13)8-12(9)10-5-3-2-4-6-10/h2-8H,13H2,1H3. The summed E-state index contributed by atoms with van der Waals surface area (Å²) in [5, 5.41) is 1.22. The molecule has 1 atom stereocenters. The zero-order valence-electron chi connectivity index (χ0n) is 7.57. The SMILES string of the molecule is Cc1cc(P)cn1-c1ccccc1. The van der Waals surface area contributed by atoms with Crippen molar-refractivity contribution in [3.8, 4) is 5.69 Å². The van der Waals surface area contributed by atoms with Crippen LogP contribution in [-0.2, 0) is 0 Å². The van der Waals surface area contributed by atoms with Gasteiger partial charge in [0.15, 0.2) is 0 Å². The quantitative estimate of drug-likeness (QED) is 0.606. The predicted molar refractivity (Wildman–Crippen MR) is 59.9 cm³/mol. The minimum Gasteiger partial charge on any atom is -0.321 e. The van der Waals surface area contributed by atoms with Gasteiger partial charge in [0.25, 0.3) is 0 Å². The monoisotopic (exact) mass is 189 g/mol. The van der Waals surface area contributed by atoms with E-state index in [0.29, 0.717) is 0 Å². The molecule has 0 saturated heterocycles. The highest BCUT2D eigenvalue weighted by Gasteiger charge is 1.99. The van der Waals surface area contributed by atoms with Gasteiger partial charge in [-0.15, -0.1) is 9.24 Å². The minimum absolute atomic E-state index is 1.22. The molecule has 0 radical (unpaired) electrons. The van der Waals surface area contributed by atoms with Crippen LogP contribution in [0.15, 0.2) is 42.6 Å². The Balaban J connectivity index is 2.53. The Morgan fingerprint density at radius 1 is 1.15 bits per heavy atom. The lowest BCUT2D eigenvalue weighted by molar-refractivity contribution is 1.02. The Bertz CT molecular complexity index is 403. The fourth-order valence-electron chi connectivity index (χ4n) is 1.47. The van der Waals surface area contributed by atoms with Gasteiger partial charge in [-0.25, -0.2) is 0 Å². The van der Waals surface area contributed by atoms with Crippen LogP contribution in [0.3, 0.4) is 0 Å². The Hall–Kier alpha value is -1.07. The van der Waals surface area contributed by atoms with Crippen LogP contribution in [0.5, 0.6) is 0 Å². The first kappa shape index (κ1) is 8.52. The maximum absolute atomic E-state index is 2.71. The minimum atomic E-state index is 1.22. The molecule has 0 aliphatic rings. The van der Waals surface area contributed by atoms with Crippen molar-refractivity contribution in [2.45, 2.75) is 6.92 Å². The van der Waals surface area contributed by atoms with E-state index in [2.05, 4.69) is 57.3 Å². The van der Waals surface area contributed by atoms with E-state index in [4.69, 9.17) is 0 Å². The Kier molecular flexibility index (Phi) is 2.20. The molecule has 0 aliphatic heterocycles. The highest BCUT2D eigenvalue weighted by molar-refractivity contribution is 7.27. The van der Waals surface area contributed by atoms with Gasteiger partial charge >= 0.3 is 0 Å². The van der Waals surface area contributed by atoms with Crippen LogP contribution in [0.4, 0.5) is 0 Å². The van der Waals surface area contributed by atoms with E-state index < -0.39 is 0 Å². The van der Waals surface area contributed by atoms with E-state index >= 15 is 0 Å². The van der Waals surface area contributed by atoms with E-state index in [1.165, 1.54) is 16.7 Å². The van der Waals surface area contributed by atoms with E-state index in [0.717, 1.165) is 0 Å². The molecule has 1 unspecified atom stereocenters. The van der Waals surface area contributed by atoms with Crippen molar-refractivity contribution in [1.82, 2.24) is 4.57 Å². The van der Waals surface area contributed by atoms with Crippen LogP contribution < -0.4 is 5.30 Å². The molecule has 66 valence electrons. The number of nitrogens with zero attached hydrogens (tertiary/aromatic N) is 1. The second kappa shape index (κ2) is 3.35. The highest BCUT2D eigenvalue weighted by atomic mass is 31.0. The molecule has 0 aliphatic carbocycles. The average Bonchev–Trinajstić information content (AvgIpc) is 2.47. The van der Waals surface area contributed by atoms with Gasteiger partial charge in [0.05, 0.1) is 0 Å². The molecule has 0 bridgehead atoms. The van der Waals surface area contributed by atoms with Gasteiger partial charge in [-0.3, -0.25) is 0 Å². The van der Waals surface area contributed by atoms with Crippen molar-refractivity contribution in [3.63, 3.8) is 0 Å². The fraction of sp³-hybridized carbons (Fsp3) is 0.0909. The summed E-state index contributed by atoms with van der Waals surface area (Å²) in [5.74, 6) is 0. The summed E-state index contributed by atoms with van der Waals surface area (Å²) >= 11 is 0. The lowest BCUT2D eigenvalue weighted by atomic mass is 10.3. The Morgan fingerprint density at radius 2 is 1.85 bits per heavy atom. The summed E-state index contributed by atoms with van der Waals surface area (Å²) in [4.78, 5) is 0. The molecule has 2 rings (SSSR count). The maximum atomic E-state index is 2.71. The number of para-hydroxylation sites is 1. The Morgan fingerprint density at radius 3 is 2.38 bits per heavy atom. The second-order valence-electron chi connectivity index (χ2n) is 3.12. The Labute approximate surface area is 80.6 Å². The number of aromatic nitrogens is 1. The largest absolute Gasteiger partial charge is 0.321 e. The van der Waals surface area contributed by atoms with Crippen LogP contribution in [-0.4, -0.2) is 4.57 Å². The van der Waals surface area contributed by atoms with Crippen LogP contribution >= 0.6 is 9.24 Å². The zero-order chi connectivity index (χ0) is 9.26. The first-order valence-corrected chi connectivity index (χ1v) is 4.85. The van der Waals surface area contributed by atoms with Gasteiger partial charge < -0.3 is 4.57 Å². The van der Waals surface area contributed by atoms with Crippen molar-refractivity contribution in [1.29, 1.82) is 0 Å². The molecule has 1 aromatic heterocycles. The molecule has 0 spiro atoms. The number of hydrogen-bond acceptors (Lipinski definition) is 0. The van der Waals surface area contributed by atoms with E-state index in [-0.39, 0.29) is 0 Å². The predicted octanol–water partition coefficient (Wildman–Crippen LogP) is 2.29. The third kappa shape index (κ3) is 1.66. The summed E-state index contributed by atoms with van der Waals surface area (Å²) in [6, 6.07) is 12.5. The molecule has 0 amide bonds. The number of hydrogen-bond donors (Lipinski definition) is 0. The fourth-order valence-corrected chi connectivity index (χ4v) is 1.86. The second-order valence-corrected chi connectivity index (χ2v) is 3.79. The smallest absolute Gasteiger partial charge is 0.0452 e.